The van der Waals surface area contributed by atoms with Gasteiger partial charge in [0.05, 0.1) is 4.90 Å². The van der Waals surface area contributed by atoms with Gasteiger partial charge in [-0.05, 0) is 55.3 Å². The molecular weight excluding hydrogens is 430 g/mol. The quantitative estimate of drug-likeness (QED) is 0.566. The third kappa shape index (κ3) is 4.76. The summed E-state index contributed by atoms with van der Waals surface area (Å²) in [5.41, 5.74) is 2.81. The van der Waals surface area contributed by atoms with Gasteiger partial charge in [-0.25, -0.2) is 13.4 Å². The van der Waals surface area contributed by atoms with Gasteiger partial charge in [-0.15, -0.1) is 0 Å². The fourth-order valence-electron chi connectivity index (χ4n) is 4.04. The minimum absolute atomic E-state index is 0.231. The fraction of sp³-hybridized carbons (Fsp3) is 0.292. The zero-order valence-corrected chi connectivity index (χ0v) is 19.3. The van der Waals surface area contributed by atoms with Crippen LogP contribution < -0.4 is 4.90 Å². The zero-order chi connectivity index (χ0) is 22.0. The number of hydrogen-bond donors (Lipinski definition) is 0. The van der Waals surface area contributed by atoms with Crippen molar-refractivity contribution in [3.63, 3.8) is 0 Å². The highest BCUT2D eigenvalue weighted by Crippen LogP contribution is 2.33. The number of benzene rings is 2. The van der Waals surface area contributed by atoms with E-state index in [1.165, 1.54) is 5.56 Å². The number of pyridine rings is 1. The van der Waals surface area contributed by atoms with Gasteiger partial charge in [0.2, 0.25) is 9.84 Å². The molecule has 0 radical (unpaired) electrons. The van der Waals surface area contributed by atoms with Gasteiger partial charge in [0, 0.05) is 43.4 Å². The molecule has 2 aromatic carbocycles. The number of piperazine rings is 1. The lowest BCUT2D eigenvalue weighted by Gasteiger charge is -2.36. The summed E-state index contributed by atoms with van der Waals surface area (Å²) in [5, 5.41) is 0.507. The van der Waals surface area contributed by atoms with Gasteiger partial charge in [0.15, 0.2) is 0 Å². The Kier molecular flexibility index (Phi) is 6.32. The minimum atomic E-state index is -3.72. The molecule has 0 aliphatic carbocycles. The van der Waals surface area contributed by atoms with E-state index in [2.05, 4.69) is 39.0 Å². The Bertz CT molecular complexity index is 1160. The fourth-order valence-corrected chi connectivity index (χ4v) is 5.80. The molecule has 2 heterocycles. The van der Waals surface area contributed by atoms with Crippen molar-refractivity contribution in [1.29, 1.82) is 0 Å². The van der Waals surface area contributed by atoms with Gasteiger partial charge in [0.25, 0.3) is 0 Å². The van der Waals surface area contributed by atoms with Crippen LogP contribution in [-0.4, -0.2) is 44.5 Å². The van der Waals surface area contributed by atoms with E-state index in [-0.39, 0.29) is 9.79 Å². The predicted molar refractivity (Wildman–Crippen MR) is 125 cm³/mol. The van der Waals surface area contributed by atoms with Crippen molar-refractivity contribution in [1.82, 2.24) is 9.88 Å². The van der Waals surface area contributed by atoms with E-state index >= 15 is 0 Å². The van der Waals surface area contributed by atoms with E-state index in [4.69, 9.17) is 11.6 Å². The number of hydrogen-bond acceptors (Lipinski definition) is 5. The van der Waals surface area contributed by atoms with Gasteiger partial charge in [-0.3, -0.25) is 4.90 Å². The van der Waals surface area contributed by atoms with Crippen LogP contribution in [0.5, 0.6) is 0 Å². The summed E-state index contributed by atoms with van der Waals surface area (Å²) in [6.45, 7) is 7.80. The van der Waals surface area contributed by atoms with Crippen LogP contribution in [0.25, 0.3) is 0 Å². The van der Waals surface area contributed by atoms with Crippen molar-refractivity contribution in [3.05, 3.63) is 82.5 Å². The molecule has 162 valence electrons. The molecule has 0 unspecified atom stereocenters. The van der Waals surface area contributed by atoms with E-state index < -0.39 is 9.84 Å². The van der Waals surface area contributed by atoms with Crippen LogP contribution in [0.15, 0.2) is 70.5 Å². The standard InChI is InChI=1S/C24H26ClN3O2S/c1-18-16-19(2)26-24(23(18)31(29,30)22-10-8-21(25)9-11-22)28-14-12-27(13-15-28)17-20-6-4-3-5-7-20/h3-11,16H,12-15,17H2,1-2H3. The first-order chi connectivity index (χ1) is 14.8. The Morgan fingerprint density at radius 3 is 2.23 bits per heavy atom. The molecule has 0 amide bonds. The van der Waals surface area contributed by atoms with Crippen LogP contribution in [0.2, 0.25) is 5.02 Å². The Hall–Kier alpha value is -2.41. The third-order valence-corrected chi connectivity index (χ3v) is 7.77. The second-order valence-electron chi connectivity index (χ2n) is 7.94. The van der Waals surface area contributed by atoms with Gasteiger partial charge < -0.3 is 4.90 Å². The van der Waals surface area contributed by atoms with Gasteiger partial charge in [-0.1, -0.05) is 41.9 Å². The molecule has 5 nitrogen and oxygen atoms in total. The molecule has 1 saturated heterocycles. The van der Waals surface area contributed by atoms with Gasteiger partial charge >= 0.3 is 0 Å². The molecule has 1 aliphatic rings. The maximum Gasteiger partial charge on any atom is 0.210 e. The molecule has 0 N–H and O–H groups in total. The maximum absolute atomic E-state index is 13.5. The maximum atomic E-state index is 13.5. The first-order valence-corrected chi connectivity index (χ1v) is 12.2. The minimum Gasteiger partial charge on any atom is -0.353 e. The second kappa shape index (κ2) is 8.99. The summed E-state index contributed by atoms with van der Waals surface area (Å²) in [6, 6.07) is 18.5. The topological polar surface area (TPSA) is 53.5 Å². The Labute approximate surface area is 189 Å². The van der Waals surface area contributed by atoms with E-state index in [0.717, 1.165) is 38.4 Å². The number of nitrogens with zero attached hydrogens (tertiary/aromatic N) is 3. The molecule has 31 heavy (non-hydrogen) atoms. The number of sulfone groups is 1. The molecule has 1 aromatic heterocycles. The third-order valence-electron chi connectivity index (χ3n) is 5.58. The van der Waals surface area contributed by atoms with Crippen molar-refractivity contribution in [2.45, 2.75) is 30.2 Å². The molecule has 1 aliphatic heterocycles. The first-order valence-electron chi connectivity index (χ1n) is 10.3. The van der Waals surface area contributed by atoms with E-state index in [0.29, 0.717) is 16.4 Å². The largest absolute Gasteiger partial charge is 0.353 e. The van der Waals surface area contributed by atoms with E-state index in [9.17, 15) is 8.42 Å². The SMILES string of the molecule is Cc1cc(C)c(S(=O)(=O)c2ccc(Cl)cc2)c(N2CCN(Cc3ccccc3)CC2)n1. The number of aromatic nitrogens is 1. The highest BCUT2D eigenvalue weighted by atomic mass is 35.5. The van der Waals surface area contributed by atoms with Crippen LogP contribution in [0.4, 0.5) is 5.82 Å². The van der Waals surface area contributed by atoms with E-state index in [1.807, 2.05) is 26.0 Å². The summed E-state index contributed by atoms with van der Waals surface area (Å²) in [6.07, 6.45) is 0. The average molecular weight is 456 g/mol. The first kappa shape index (κ1) is 21.8. The normalized spacial score (nSPS) is 15.3. The summed E-state index contributed by atoms with van der Waals surface area (Å²) in [7, 11) is -3.72. The number of aryl methyl sites for hydroxylation is 2. The highest BCUT2D eigenvalue weighted by Gasteiger charge is 2.29. The molecule has 0 saturated carbocycles. The Balaban J connectivity index is 1.61. The molecule has 3 aromatic rings. The van der Waals surface area contributed by atoms with Crippen molar-refractivity contribution in [3.8, 4) is 0 Å². The molecule has 0 atom stereocenters. The number of rotatable bonds is 5. The van der Waals surface area contributed by atoms with E-state index in [1.54, 1.807) is 24.3 Å². The van der Waals surface area contributed by atoms with Crippen LogP contribution in [0.3, 0.4) is 0 Å². The Morgan fingerprint density at radius 1 is 0.935 bits per heavy atom. The summed E-state index contributed by atoms with van der Waals surface area (Å²) < 4.78 is 27.1. The smallest absolute Gasteiger partial charge is 0.210 e. The highest BCUT2D eigenvalue weighted by molar-refractivity contribution is 7.91. The van der Waals surface area contributed by atoms with Gasteiger partial charge in [-0.2, -0.15) is 0 Å². The van der Waals surface area contributed by atoms with Gasteiger partial charge in [0.1, 0.15) is 10.7 Å². The monoisotopic (exact) mass is 455 g/mol. The summed E-state index contributed by atoms with van der Waals surface area (Å²) in [5.74, 6) is 0.548. The predicted octanol–water partition coefficient (Wildman–Crippen LogP) is 4.51. The zero-order valence-electron chi connectivity index (χ0n) is 17.8. The molecule has 4 rings (SSSR count). The second-order valence-corrected chi connectivity index (χ2v) is 10.3. The number of anilines is 1. The van der Waals surface area contributed by atoms with Crippen molar-refractivity contribution < 1.29 is 8.42 Å². The van der Waals surface area contributed by atoms with Crippen LogP contribution in [0.1, 0.15) is 16.8 Å². The van der Waals surface area contributed by atoms with Crippen molar-refractivity contribution in [2.75, 3.05) is 31.1 Å². The lowest BCUT2D eigenvalue weighted by Crippen LogP contribution is -2.46. The molecular formula is C24H26ClN3O2S. The van der Waals surface area contributed by atoms with Crippen molar-refractivity contribution >= 4 is 27.3 Å². The van der Waals surface area contributed by atoms with Crippen LogP contribution in [0, 0.1) is 13.8 Å². The lowest BCUT2D eigenvalue weighted by molar-refractivity contribution is 0.249. The van der Waals surface area contributed by atoms with Crippen LogP contribution >= 0.6 is 11.6 Å². The average Bonchev–Trinajstić information content (AvgIpc) is 2.74. The summed E-state index contributed by atoms with van der Waals surface area (Å²) in [4.78, 5) is 9.69. The lowest BCUT2D eigenvalue weighted by atomic mass is 10.2. The molecule has 0 spiro atoms. The summed E-state index contributed by atoms with van der Waals surface area (Å²) >= 11 is 5.96. The molecule has 7 heteroatoms. The molecule has 1 fully saturated rings. The Morgan fingerprint density at radius 2 is 1.58 bits per heavy atom. The number of halogens is 1. The molecule has 0 bridgehead atoms. The van der Waals surface area contributed by atoms with Crippen molar-refractivity contribution in [2.24, 2.45) is 0 Å². The van der Waals surface area contributed by atoms with Crippen LogP contribution in [-0.2, 0) is 16.4 Å².